The average Bonchev–Trinajstić information content (AvgIpc) is 1.07. The second-order valence-electron chi connectivity index (χ2n) is 21.8. The summed E-state index contributed by atoms with van der Waals surface area (Å²) in [4.78, 5) is 100. The standard InChI is InChI=1S/3C11H11NO2.C11H10O2.C9H8N2O2.2C9H7NO2/c1-6-5-12-8(3)10-9(13)4-7(2)14-11(6)10;1-6-4-12-8(3)11-9(6)10(13)7(2)5-14-11;1-6-4-7(2)9-10(8(6)3)14-5-12-11(9)13;1-7-3-4-8(2)11-10(7)9(12)5-6-13-11;1-5-3-10-11-9-7(5)8(12)6(2)4-13-9;1-6-2-4-10-8-7(11)3-5-12-9(6)8;1-6-2-4-10-9-8(6)7(11)3-5-12-9/h3*4-5H,1-3H3;3-6H,1-2H3;3-4H,1-2H3;2*2-5H,1H3. The second-order valence-corrected chi connectivity index (χ2v) is 21.8. The van der Waals surface area contributed by atoms with E-state index in [0.29, 0.717) is 94.1 Å². The van der Waals surface area contributed by atoms with Crippen molar-refractivity contribution in [3.05, 3.63) is 279 Å². The van der Waals surface area contributed by atoms with Crippen molar-refractivity contribution in [1.82, 2.24) is 35.1 Å². The van der Waals surface area contributed by atoms with E-state index in [0.717, 1.165) is 67.0 Å². The Morgan fingerprint density at radius 1 is 0.337 bits per heavy atom. The van der Waals surface area contributed by atoms with Crippen molar-refractivity contribution in [2.24, 2.45) is 0 Å². The molecule has 0 aliphatic rings. The van der Waals surface area contributed by atoms with Gasteiger partial charge in [0.15, 0.2) is 50.2 Å². The molecule has 0 spiro atoms. The van der Waals surface area contributed by atoms with Crippen molar-refractivity contribution in [3.8, 4) is 0 Å². The summed E-state index contributed by atoms with van der Waals surface area (Å²) in [6, 6.07) is 15.2. The summed E-state index contributed by atoms with van der Waals surface area (Å²) in [5.41, 5.74) is 16.0. The molecule has 21 nitrogen and oxygen atoms in total. The number of nitrogens with zero attached hydrogens (tertiary/aromatic N) is 7. The Hall–Kier alpha value is -11.5. The minimum atomic E-state index is -0.216. The highest BCUT2D eigenvalue weighted by Crippen LogP contribution is 2.23. The van der Waals surface area contributed by atoms with Crippen molar-refractivity contribution in [1.29, 1.82) is 0 Å². The number of fused-ring (bicyclic) bond motifs is 7. The monoisotopic (exact) mass is 1240 g/mol. The molecule has 0 fully saturated rings. The normalized spacial score (nSPS) is 10.6. The summed E-state index contributed by atoms with van der Waals surface area (Å²) >= 11 is 0. The summed E-state index contributed by atoms with van der Waals surface area (Å²) in [5, 5.41) is 11.1. The molecule has 468 valence electrons. The molecule has 0 saturated carbocycles. The Kier molecular flexibility index (Phi) is 20.8. The van der Waals surface area contributed by atoms with Crippen LogP contribution in [-0.4, -0.2) is 35.1 Å². The van der Waals surface area contributed by atoms with E-state index < -0.39 is 0 Å². The lowest BCUT2D eigenvalue weighted by molar-refractivity contribution is 0.561. The first kappa shape index (κ1) is 66.5. The Morgan fingerprint density at radius 3 is 1.61 bits per heavy atom. The summed E-state index contributed by atoms with van der Waals surface area (Å²) in [5.74, 6) is 0.635. The zero-order valence-corrected chi connectivity index (χ0v) is 53.4. The minimum absolute atomic E-state index is 0.0162. The van der Waals surface area contributed by atoms with Gasteiger partial charge < -0.3 is 30.9 Å². The zero-order chi connectivity index (χ0) is 66.8. The summed E-state index contributed by atoms with van der Waals surface area (Å²) in [6.45, 7) is 27.9. The third-order valence-corrected chi connectivity index (χ3v) is 14.8. The third-order valence-electron chi connectivity index (χ3n) is 14.8. The lowest BCUT2D eigenvalue weighted by atomic mass is 10.0. The Balaban J connectivity index is 0.000000138. The van der Waals surface area contributed by atoms with E-state index in [-0.39, 0.29) is 38.1 Å². The lowest BCUT2D eigenvalue weighted by Gasteiger charge is -2.05. The van der Waals surface area contributed by atoms with Gasteiger partial charge >= 0.3 is 0 Å². The van der Waals surface area contributed by atoms with Gasteiger partial charge in [-0.2, -0.15) is 10.1 Å². The highest BCUT2D eigenvalue weighted by molar-refractivity contribution is 5.85. The quantitative estimate of drug-likeness (QED) is 0.136. The van der Waals surface area contributed by atoms with Crippen molar-refractivity contribution < 1.29 is 30.9 Å². The van der Waals surface area contributed by atoms with Crippen LogP contribution < -0.4 is 38.1 Å². The van der Waals surface area contributed by atoms with E-state index in [1.807, 2.05) is 107 Å². The van der Waals surface area contributed by atoms with Crippen molar-refractivity contribution in [3.63, 3.8) is 0 Å². The molecule has 12 aromatic heterocycles. The third kappa shape index (κ3) is 14.6. The molecule has 14 rings (SSSR count). The van der Waals surface area contributed by atoms with E-state index in [1.165, 1.54) is 62.0 Å². The Labute approximate surface area is 523 Å². The zero-order valence-electron chi connectivity index (χ0n) is 53.4. The van der Waals surface area contributed by atoms with Crippen LogP contribution in [0.3, 0.4) is 0 Å². The molecule has 14 aromatic rings. The molecule has 21 heteroatoms. The molecule has 0 amide bonds. The maximum absolute atomic E-state index is 11.8. The smallest absolute Gasteiger partial charge is 0.283 e. The van der Waals surface area contributed by atoms with Gasteiger partial charge in [-0.05, 0) is 166 Å². The van der Waals surface area contributed by atoms with Gasteiger partial charge in [-0.3, -0.25) is 43.5 Å². The van der Waals surface area contributed by atoms with Gasteiger partial charge in [0.2, 0.25) is 16.9 Å². The van der Waals surface area contributed by atoms with Crippen LogP contribution in [0.1, 0.15) is 83.9 Å². The molecule has 0 atom stereocenters. The molecule has 0 bridgehead atoms. The van der Waals surface area contributed by atoms with E-state index in [4.69, 9.17) is 30.9 Å². The van der Waals surface area contributed by atoms with E-state index >= 15 is 0 Å². The first-order valence-corrected chi connectivity index (χ1v) is 28.7. The first-order valence-electron chi connectivity index (χ1n) is 28.7. The van der Waals surface area contributed by atoms with Gasteiger partial charge in [-0.25, -0.2) is 9.97 Å². The molecular weight excluding hydrogens is 1170 g/mol. The van der Waals surface area contributed by atoms with Crippen LogP contribution in [0.25, 0.3) is 77.2 Å². The minimum Gasteiger partial charge on any atom is -0.464 e. The summed E-state index contributed by atoms with van der Waals surface area (Å²) < 4.78 is 36.8. The molecular formula is C71H65N7O14. The molecule has 2 aromatic carbocycles. The number of aryl methyl sites for hydroxylation is 15. The average molecular weight is 1240 g/mol. The van der Waals surface area contributed by atoms with Gasteiger partial charge in [0, 0.05) is 65.7 Å². The van der Waals surface area contributed by atoms with Gasteiger partial charge in [-0.15, -0.1) is 5.10 Å². The van der Waals surface area contributed by atoms with Crippen molar-refractivity contribution in [2.75, 3.05) is 0 Å². The van der Waals surface area contributed by atoms with Gasteiger partial charge in [0.05, 0.1) is 81.2 Å². The predicted molar refractivity (Wildman–Crippen MR) is 353 cm³/mol. The molecule has 0 aliphatic heterocycles. The maximum atomic E-state index is 11.8. The van der Waals surface area contributed by atoms with Crippen LogP contribution in [0, 0.1) is 104 Å². The van der Waals surface area contributed by atoms with Gasteiger partial charge in [-0.1, -0.05) is 18.2 Å². The maximum Gasteiger partial charge on any atom is 0.283 e. The number of rotatable bonds is 0. The molecule has 0 unspecified atom stereocenters. The number of pyridine rings is 4. The second kappa shape index (κ2) is 28.8. The van der Waals surface area contributed by atoms with Crippen molar-refractivity contribution >= 4 is 77.2 Å². The highest BCUT2D eigenvalue weighted by atomic mass is 16.4. The van der Waals surface area contributed by atoms with Crippen molar-refractivity contribution in [2.45, 2.75) is 104 Å². The molecule has 12 heterocycles. The number of hydrogen-bond donors (Lipinski definition) is 0. The summed E-state index contributed by atoms with van der Waals surface area (Å²) in [7, 11) is 0. The van der Waals surface area contributed by atoms with Crippen LogP contribution in [0.4, 0.5) is 0 Å². The molecule has 0 aliphatic carbocycles. The number of hydrogen-bond acceptors (Lipinski definition) is 21. The highest BCUT2D eigenvalue weighted by Gasteiger charge is 2.13. The van der Waals surface area contributed by atoms with E-state index in [9.17, 15) is 33.6 Å². The van der Waals surface area contributed by atoms with Crippen LogP contribution in [0.5, 0.6) is 0 Å². The lowest BCUT2D eigenvalue weighted by Crippen LogP contribution is -2.07. The molecule has 0 radical (unpaired) electrons. The SMILES string of the molecule is Cc1cc(=O)c2c(C)ncc(C)c2o1.Cc1cc(C)c2c(=O)ncoc2c1C.Cc1ccc(C)c2c(=O)ccoc12.Cc1ccnc2c(=O)ccoc12.Cc1ccnc2occc(=O)c12.Cc1coc2c(C)ncc(C)c2c1=O.Cc1coc2nncc(C)c2c1=O. The molecule has 0 saturated heterocycles. The van der Waals surface area contributed by atoms with Crippen LogP contribution in [0.2, 0.25) is 0 Å². The molecule has 92 heavy (non-hydrogen) atoms. The fourth-order valence-electron chi connectivity index (χ4n) is 9.68. The van der Waals surface area contributed by atoms with Gasteiger partial charge in [0.25, 0.3) is 5.56 Å². The van der Waals surface area contributed by atoms with Gasteiger partial charge in [0.1, 0.15) is 22.5 Å². The number of aromatic nitrogens is 7. The summed E-state index contributed by atoms with van der Waals surface area (Å²) in [6.07, 6.45) is 16.5. The van der Waals surface area contributed by atoms with Crippen LogP contribution >= 0.6 is 0 Å². The number of benzene rings is 2. The van der Waals surface area contributed by atoms with Crippen LogP contribution in [0.15, 0.2) is 188 Å². The van der Waals surface area contributed by atoms with E-state index in [1.54, 1.807) is 57.8 Å². The topological polar surface area (TPSA) is 302 Å². The predicted octanol–water partition coefficient (Wildman–Crippen LogP) is 12.9. The largest absolute Gasteiger partial charge is 0.464 e. The van der Waals surface area contributed by atoms with E-state index in [2.05, 4.69) is 35.1 Å². The van der Waals surface area contributed by atoms with Crippen LogP contribution in [-0.2, 0) is 0 Å². The molecule has 0 N–H and O–H groups in total. The fourth-order valence-corrected chi connectivity index (χ4v) is 9.68. The fraction of sp³-hybridized carbons (Fsp3) is 0.211. The Bertz CT molecular complexity index is 5560. The Morgan fingerprint density at radius 2 is 0.913 bits per heavy atom. The first-order chi connectivity index (χ1) is 43.8.